The zero-order valence-electron chi connectivity index (χ0n) is 19.4. The van der Waals surface area contributed by atoms with Gasteiger partial charge in [-0.15, -0.1) is 0 Å². The normalized spacial score (nSPS) is 17.6. The van der Waals surface area contributed by atoms with Gasteiger partial charge in [-0.05, 0) is 59.2 Å². The average Bonchev–Trinajstić information content (AvgIpc) is 2.69. The highest BCUT2D eigenvalue weighted by Crippen LogP contribution is 2.36. The number of halogens is 3. The number of aliphatic hydroxyl groups is 1. The van der Waals surface area contributed by atoms with Crippen LogP contribution in [0.25, 0.3) is 0 Å². The van der Waals surface area contributed by atoms with Gasteiger partial charge in [0.05, 0.1) is 12.1 Å². The second kappa shape index (κ2) is 10.1. The second-order valence-corrected chi connectivity index (χ2v) is 9.70. The predicted octanol–water partition coefficient (Wildman–Crippen LogP) is 3.96. The number of nitrogens with one attached hydrogen (secondary N) is 3. The zero-order valence-corrected chi connectivity index (χ0v) is 19.4. The number of carbonyl (C=O) groups excluding carboxylic acids is 1. The van der Waals surface area contributed by atoms with Gasteiger partial charge in [0.25, 0.3) is 0 Å². The lowest BCUT2D eigenvalue weighted by atomic mass is 9.83. The van der Waals surface area contributed by atoms with Gasteiger partial charge in [-0.25, -0.2) is 13.2 Å². The molecule has 0 saturated carbocycles. The Morgan fingerprint density at radius 2 is 1.82 bits per heavy atom. The van der Waals surface area contributed by atoms with Gasteiger partial charge in [0.15, 0.2) is 0 Å². The van der Waals surface area contributed by atoms with Crippen molar-refractivity contribution in [2.75, 3.05) is 18.4 Å². The summed E-state index contributed by atoms with van der Waals surface area (Å²) in [5.74, 6) is -2.05. The average molecular weight is 464 g/mol. The summed E-state index contributed by atoms with van der Waals surface area (Å²) in [4.78, 5) is 11.7. The van der Waals surface area contributed by atoms with Crippen LogP contribution < -0.4 is 16.0 Å². The van der Waals surface area contributed by atoms with Crippen molar-refractivity contribution in [3.8, 4) is 0 Å². The van der Waals surface area contributed by atoms with E-state index in [1.165, 1.54) is 25.1 Å². The summed E-state index contributed by atoms with van der Waals surface area (Å²) in [5.41, 5.74) is 2.22. The molecule has 0 bridgehead atoms. The minimum absolute atomic E-state index is 0.0687. The van der Waals surface area contributed by atoms with Crippen LogP contribution in [0.15, 0.2) is 30.3 Å². The zero-order chi connectivity index (χ0) is 24.3. The Bertz CT molecular complexity index is 987. The van der Waals surface area contributed by atoms with E-state index in [9.17, 15) is 23.1 Å². The van der Waals surface area contributed by atoms with Gasteiger partial charge in [-0.3, -0.25) is 4.79 Å². The summed E-state index contributed by atoms with van der Waals surface area (Å²) in [6.07, 6.45) is -0.213. The first-order valence-corrected chi connectivity index (χ1v) is 11.2. The molecular formula is C25H32F3N3O2. The number of rotatable bonds is 7. The molecule has 3 atom stereocenters. The summed E-state index contributed by atoms with van der Waals surface area (Å²) in [5, 5.41) is 20.0. The van der Waals surface area contributed by atoms with E-state index in [0.717, 1.165) is 18.1 Å². The van der Waals surface area contributed by atoms with Gasteiger partial charge in [-0.1, -0.05) is 20.8 Å². The monoisotopic (exact) mass is 463 g/mol. The maximum absolute atomic E-state index is 14.6. The predicted molar refractivity (Wildman–Crippen MR) is 123 cm³/mol. The Kier molecular flexibility index (Phi) is 7.69. The molecule has 1 amide bonds. The van der Waals surface area contributed by atoms with Crippen molar-refractivity contribution in [1.82, 2.24) is 10.6 Å². The first kappa shape index (κ1) is 25.1. The van der Waals surface area contributed by atoms with Crippen LogP contribution in [0.3, 0.4) is 0 Å². The fourth-order valence-electron chi connectivity index (χ4n) is 4.26. The molecule has 3 rings (SSSR count). The van der Waals surface area contributed by atoms with Crippen LogP contribution in [0.5, 0.6) is 0 Å². The number of benzene rings is 2. The fraction of sp³-hybridized carbons (Fsp3) is 0.480. The number of anilines is 1. The lowest BCUT2D eigenvalue weighted by Gasteiger charge is -2.32. The molecule has 0 fully saturated rings. The number of hydrogen-bond donors (Lipinski definition) is 4. The van der Waals surface area contributed by atoms with Crippen LogP contribution >= 0.6 is 0 Å². The van der Waals surface area contributed by atoms with Gasteiger partial charge in [0, 0.05) is 37.8 Å². The van der Waals surface area contributed by atoms with Crippen molar-refractivity contribution in [3.05, 3.63) is 64.5 Å². The van der Waals surface area contributed by atoms with Crippen LogP contribution in [0.2, 0.25) is 0 Å². The minimum Gasteiger partial charge on any atom is -0.390 e. The van der Waals surface area contributed by atoms with Crippen molar-refractivity contribution >= 4 is 11.6 Å². The maximum atomic E-state index is 14.6. The van der Waals surface area contributed by atoms with E-state index >= 15 is 0 Å². The Hall–Kier alpha value is -2.58. The molecule has 1 aliphatic heterocycles. The standard InChI is InChI=1S/C25H32F3N3O2/c1-14(32)31-23(9-15-7-16(26)10-17(27)8-15)24(33)13-30-21-5-6-29-22-12-20(28)19(11-18(21)22)25(2,3)4/h7-8,10-12,21,23-24,29-30,33H,5-6,9,13H2,1-4H3,(H,31,32)/t21-,23-,24+/m0/s1. The number of fused-ring (bicyclic) bond motifs is 1. The quantitative estimate of drug-likeness (QED) is 0.502. The largest absolute Gasteiger partial charge is 0.390 e. The van der Waals surface area contributed by atoms with Crippen LogP contribution in [-0.4, -0.2) is 36.2 Å². The van der Waals surface area contributed by atoms with Gasteiger partial charge in [0.1, 0.15) is 17.5 Å². The minimum atomic E-state index is -1.01. The van der Waals surface area contributed by atoms with Gasteiger partial charge < -0.3 is 21.1 Å². The van der Waals surface area contributed by atoms with E-state index in [4.69, 9.17) is 0 Å². The Balaban J connectivity index is 1.75. The molecule has 0 radical (unpaired) electrons. The van der Waals surface area contributed by atoms with Crippen molar-refractivity contribution in [1.29, 1.82) is 0 Å². The molecule has 5 nitrogen and oxygen atoms in total. The van der Waals surface area contributed by atoms with E-state index in [2.05, 4.69) is 16.0 Å². The first-order chi connectivity index (χ1) is 15.4. The SMILES string of the molecule is CC(=O)N[C@@H](Cc1cc(F)cc(F)c1)[C@H](O)CN[C@H]1CCNc2cc(F)c(C(C)(C)C)cc21. The molecule has 33 heavy (non-hydrogen) atoms. The Morgan fingerprint density at radius 3 is 2.42 bits per heavy atom. The molecule has 8 heteroatoms. The first-order valence-electron chi connectivity index (χ1n) is 11.2. The number of hydrogen-bond acceptors (Lipinski definition) is 4. The van der Waals surface area contributed by atoms with Crippen LogP contribution in [0.1, 0.15) is 56.8 Å². The van der Waals surface area contributed by atoms with Crippen LogP contribution in [0.4, 0.5) is 18.9 Å². The highest BCUT2D eigenvalue weighted by atomic mass is 19.1. The van der Waals surface area contributed by atoms with Crippen molar-refractivity contribution in [2.24, 2.45) is 0 Å². The smallest absolute Gasteiger partial charge is 0.217 e. The number of carbonyl (C=O) groups is 1. The van der Waals surface area contributed by atoms with Crippen molar-refractivity contribution in [3.63, 3.8) is 0 Å². The van der Waals surface area contributed by atoms with E-state index in [1.54, 1.807) is 0 Å². The molecule has 2 aromatic carbocycles. The van der Waals surface area contributed by atoms with E-state index in [0.29, 0.717) is 23.4 Å². The number of amides is 1. The summed E-state index contributed by atoms with van der Waals surface area (Å²) in [7, 11) is 0. The molecule has 0 spiro atoms. The highest BCUT2D eigenvalue weighted by molar-refractivity contribution is 5.73. The van der Waals surface area contributed by atoms with E-state index < -0.39 is 23.8 Å². The molecule has 0 saturated heterocycles. The molecule has 4 N–H and O–H groups in total. The van der Waals surface area contributed by atoms with Crippen LogP contribution in [0, 0.1) is 17.5 Å². The lowest BCUT2D eigenvalue weighted by molar-refractivity contribution is -0.120. The molecular weight excluding hydrogens is 431 g/mol. The third-order valence-corrected chi connectivity index (χ3v) is 5.88. The summed E-state index contributed by atoms with van der Waals surface area (Å²) >= 11 is 0. The summed E-state index contributed by atoms with van der Waals surface area (Å²) in [6, 6.07) is 5.66. The summed E-state index contributed by atoms with van der Waals surface area (Å²) in [6.45, 7) is 7.96. The van der Waals surface area contributed by atoms with Gasteiger partial charge in [-0.2, -0.15) is 0 Å². The fourth-order valence-corrected chi connectivity index (χ4v) is 4.26. The summed E-state index contributed by atoms with van der Waals surface area (Å²) < 4.78 is 41.8. The molecule has 1 aliphatic rings. The van der Waals surface area contributed by atoms with Gasteiger partial charge >= 0.3 is 0 Å². The molecule has 1 heterocycles. The molecule has 0 aromatic heterocycles. The Morgan fingerprint density at radius 1 is 1.15 bits per heavy atom. The van der Waals surface area contributed by atoms with E-state index in [-0.39, 0.29) is 36.1 Å². The maximum Gasteiger partial charge on any atom is 0.217 e. The lowest BCUT2D eigenvalue weighted by Crippen LogP contribution is -2.48. The second-order valence-electron chi connectivity index (χ2n) is 9.70. The van der Waals surface area contributed by atoms with Crippen molar-refractivity contribution < 1.29 is 23.1 Å². The third kappa shape index (κ3) is 6.48. The molecule has 0 aliphatic carbocycles. The Labute approximate surface area is 192 Å². The highest BCUT2D eigenvalue weighted by Gasteiger charge is 2.28. The van der Waals surface area contributed by atoms with Gasteiger partial charge in [0.2, 0.25) is 5.91 Å². The molecule has 2 aromatic rings. The topological polar surface area (TPSA) is 73.4 Å². The van der Waals surface area contributed by atoms with Crippen molar-refractivity contribution in [2.45, 2.75) is 64.1 Å². The third-order valence-electron chi connectivity index (χ3n) is 5.88. The van der Waals surface area contributed by atoms with Crippen LogP contribution in [-0.2, 0) is 16.6 Å². The van der Waals surface area contributed by atoms with E-state index in [1.807, 2.05) is 26.8 Å². The number of aliphatic hydroxyl groups excluding tert-OH is 1. The molecule has 0 unspecified atom stereocenters. The molecule has 180 valence electrons.